The lowest BCUT2D eigenvalue weighted by Crippen LogP contribution is -2.26. The van der Waals surface area contributed by atoms with Crippen molar-refractivity contribution in [1.82, 2.24) is 9.78 Å². The van der Waals surface area contributed by atoms with Gasteiger partial charge in [0.15, 0.2) is 6.29 Å². The molecule has 5 heteroatoms. The van der Waals surface area contributed by atoms with E-state index in [0.29, 0.717) is 30.9 Å². The first kappa shape index (κ1) is 15.9. The molecule has 1 heterocycles. The molecule has 0 saturated heterocycles. The maximum atomic E-state index is 12.1. The summed E-state index contributed by atoms with van der Waals surface area (Å²) in [5.74, 6) is 0.704. The molecule has 0 radical (unpaired) electrons. The Bertz CT molecular complexity index is 707. The van der Waals surface area contributed by atoms with Gasteiger partial charge in [0, 0.05) is 12.1 Å². The average Bonchev–Trinajstić information content (AvgIpc) is 2.55. The van der Waals surface area contributed by atoms with Crippen LogP contribution in [0.1, 0.15) is 37.0 Å². The van der Waals surface area contributed by atoms with E-state index in [9.17, 15) is 9.59 Å². The van der Waals surface area contributed by atoms with E-state index in [1.165, 1.54) is 10.7 Å². The van der Waals surface area contributed by atoms with Crippen LogP contribution >= 0.6 is 0 Å². The molecule has 0 aliphatic heterocycles. The number of ether oxygens (including phenoxy) is 1. The van der Waals surface area contributed by atoms with Gasteiger partial charge in [-0.25, -0.2) is 4.68 Å². The first-order chi connectivity index (χ1) is 10.7. The van der Waals surface area contributed by atoms with Crippen LogP contribution in [0.3, 0.4) is 0 Å². The third-order valence-electron chi connectivity index (χ3n) is 3.19. The molecule has 2 aromatic rings. The molecular formula is C17H20N2O3. The fourth-order valence-corrected chi connectivity index (χ4v) is 2.16. The van der Waals surface area contributed by atoms with E-state index in [0.717, 1.165) is 18.4 Å². The Labute approximate surface area is 129 Å². The van der Waals surface area contributed by atoms with Crippen LogP contribution < -0.4 is 10.3 Å². The van der Waals surface area contributed by atoms with Crippen molar-refractivity contribution in [3.63, 3.8) is 0 Å². The molecular weight excluding hydrogens is 280 g/mol. The highest BCUT2D eigenvalue weighted by Crippen LogP contribution is 2.28. The molecule has 1 aromatic carbocycles. The number of carbonyl (C=O) groups is 1. The Balaban J connectivity index is 2.55. The van der Waals surface area contributed by atoms with Gasteiger partial charge in [-0.3, -0.25) is 9.59 Å². The fraction of sp³-hybridized carbons (Fsp3) is 0.353. The van der Waals surface area contributed by atoms with Crippen molar-refractivity contribution < 1.29 is 9.53 Å². The molecule has 1 aromatic heterocycles. The highest BCUT2D eigenvalue weighted by Gasteiger charge is 2.12. The second kappa shape index (κ2) is 7.54. The molecule has 0 unspecified atom stereocenters. The number of aryl methyl sites for hydroxylation is 1. The smallest absolute Gasteiger partial charge is 0.277 e. The third-order valence-corrected chi connectivity index (χ3v) is 3.19. The minimum atomic E-state index is -0.354. The van der Waals surface area contributed by atoms with Gasteiger partial charge < -0.3 is 4.74 Å². The normalized spacial score (nSPS) is 10.5. The summed E-state index contributed by atoms with van der Waals surface area (Å²) in [6.45, 7) is 5.07. The summed E-state index contributed by atoms with van der Waals surface area (Å²) in [5.41, 5.74) is 1.11. The van der Waals surface area contributed by atoms with Crippen LogP contribution in [0.5, 0.6) is 5.75 Å². The Morgan fingerprint density at radius 3 is 2.68 bits per heavy atom. The van der Waals surface area contributed by atoms with Crippen LogP contribution in [-0.2, 0) is 6.54 Å². The molecule has 0 fully saturated rings. The zero-order valence-corrected chi connectivity index (χ0v) is 12.9. The zero-order valence-electron chi connectivity index (χ0n) is 12.9. The van der Waals surface area contributed by atoms with Gasteiger partial charge in [-0.15, -0.1) is 0 Å². The first-order valence-corrected chi connectivity index (χ1v) is 7.50. The fourth-order valence-electron chi connectivity index (χ4n) is 2.16. The molecule has 0 spiro atoms. The van der Waals surface area contributed by atoms with E-state index in [-0.39, 0.29) is 11.1 Å². The molecule has 0 aliphatic rings. The quantitative estimate of drug-likeness (QED) is 0.738. The van der Waals surface area contributed by atoms with Gasteiger partial charge in [0.05, 0.1) is 17.9 Å². The number of hydrogen-bond acceptors (Lipinski definition) is 4. The molecule has 0 N–H and O–H groups in total. The maximum Gasteiger partial charge on any atom is 0.277 e. The van der Waals surface area contributed by atoms with Gasteiger partial charge in [-0.1, -0.05) is 26.0 Å². The standard InChI is InChI=1S/C17H20N2O3/c1-3-9-19-17(21)13(12-20)11-15(18-19)14-7-5-6-8-16(14)22-10-4-2/h5-8,11-12H,3-4,9-10H2,1-2H3. The number of benzene rings is 1. The van der Waals surface area contributed by atoms with E-state index in [1.807, 2.05) is 38.1 Å². The Morgan fingerprint density at radius 2 is 2.00 bits per heavy atom. The highest BCUT2D eigenvalue weighted by molar-refractivity contribution is 5.78. The van der Waals surface area contributed by atoms with Crippen molar-refractivity contribution >= 4 is 6.29 Å². The topological polar surface area (TPSA) is 61.2 Å². The monoisotopic (exact) mass is 300 g/mol. The van der Waals surface area contributed by atoms with Gasteiger partial charge in [0.25, 0.3) is 5.56 Å². The van der Waals surface area contributed by atoms with E-state index in [4.69, 9.17) is 4.74 Å². The summed E-state index contributed by atoms with van der Waals surface area (Å²) >= 11 is 0. The Morgan fingerprint density at radius 1 is 1.23 bits per heavy atom. The largest absolute Gasteiger partial charge is 0.493 e. The maximum absolute atomic E-state index is 12.1. The molecule has 0 bridgehead atoms. The van der Waals surface area contributed by atoms with Crippen LogP contribution in [0.4, 0.5) is 0 Å². The van der Waals surface area contributed by atoms with Gasteiger partial charge >= 0.3 is 0 Å². The van der Waals surface area contributed by atoms with E-state index >= 15 is 0 Å². The second-order valence-corrected chi connectivity index (χ2v) is 4.98. The summed E-state index contributed by atoms with van der Waals surface area (Å²) in [6.07, 6.45) is 2.24. The summed E-state index contributed by atoms with van der Waals surface area (Å²) in [7, 11) is 0. The van der Waals surface area contributed by atoms with Crippen molar-refractivity contribution in [1.29, 1.82) is 0 Å². The number of nitrogens with zero attached hydrogens (tertiary/aromatic N) is 2. The summed E-state index contributed by atoms with van der Waals surface area (Å²) in [4.78, 5) is 23.2. The summed E-state index contributed by atoms with van der Waals surface area (Å²) in [5, 5.41) is 4.37. The van der Waals surface area contributed by atoms with E-state index in [1.54, 1.807) is 0 Å². The number of carbonyl (C=O) groups excluding carboxylic acids is 1. The zero-order chi connectivity index (χ0) is 15.9. The second-order valence-electron chi connectivity index (χ2n) is 4.98. The van der Waals surface area contributed by atoms with Crippen molar-refractivity contribution in [2.24, 2.45) is 0 Å². The Kier molecular flexibility index (Phi) is 5.47. The number of aldehydes is 1. The van der Waals surface area contributed by atoms with Crippen molar-refractivity contribution in [2.45, 2.75) is 33.2 Å². The molecule has 116 valence electrons. The third kappa shape index (κ3) is 3.42. The lowest BCUT2D eigenvalue weighted by molar-refractivity contribution is 0.112. The van der Waals surface area contributed by atoms with E-state index < -0.39 is 0 Å². The summed E-state index contributed by atoms with van der Waals surface area (Å²) in [6, 6.07) is 9.03. The van der Waals surface area contributed by atoms with Crippen molar-refractivity contribution in [3.05, 3.63) is 46.2 Å². The number of aromatic nitrogens is 2. The molecule has 0 saturated carbocycles. The van der Waals surface area contributed by atoms with Crippen LogP contribution in [0.25, 0.3) is 11.3 Å². The summed E-state index contributed by atoms with van der Waals surface area (Å²) < 4.78 is 7.07. The molecule has 2 rings (SSSR count). The lowest BCUT2D eigenvalue weighted by atomic mass is 10.1. The van der Waals surface area contributed by atoms with Crippen LogP contribution in [0.2, 0.25) is 0 Å². The molecule has 0 atom stereocenters. The van der Waals surface area contributed by atoms with Gasteiger partial charge in [-0.2, -0.15) is 5.10 Å². The van der Waals surface area contributed by atoms with Crippen LogP contribution in [0.15, 0.2) is 35.1 Å². The number of rotatable bonds is 7. The molecule has 0 aliphatic carbocycles. The average molecular weight is 300 g/mol. The number of hydrogen-bond donors (Lipinski definition) is 0. The van der Waals surface area contributed by atoms with Crippen LogP contribution in [-0.4, -0.2) is 22.7 Å². The minimum Gasteiger partial charge on any atom is -0.493 e. The molecule has 5 nitrogen and oxygen atoms in total. The first-order valence-electron chi connectivity index (χ1n) is 7.50. The van der Waals surface area contributed by atoms with Gasteiger partial charge in [0.1, 0.15) is 5.75 Å². The molecule has 0 amide bonds. The van der Waals surface area contributed by atoms with Crippen molar-refractivity contribution in [3.8, 4) is 17.0 Å². The van der Waals surface area contributed by atoms with Crippen molar-refractivity contribution in [2.75, 3.05) is 6.61 Å². The minimum absolute atomic E-state index is 0.115. The van der Waals surface area contributed by atoms with Gasteiger partial charge in [-0.05, 0) is 31.0 Å². The predicted molar refractivity (Wildman–Crippen MR) is 85.4 cm³/mol. The molecule has 22 heavy (non-hydrogen) atoms. The van der Waals surface area contributed by atoms with Crippen LogP contribution in [0, 0.1) is 0 Å². The van der Waals surface area contributed by atoms with Gasteiger partial charge in [0.2, 0.25) is 0 Å². The SMILES string of the molecule is CCCOc1ccccc1-c1cc(C=O)c(=O)n(CCC)n1. The lowest BCUT2D eigenvalue weighted by Gasteiger charge is -2.12. The van der Waals surface area contributed by atoms with E-state index in [2.05, 4.69) is 5.10 Å². The Hall–Kier alpha value is -2.43. The predicted octanol–water partition coefficient (Wildman–Crippen LogP) is 2.92. The number of para-hydroxylation sites is 1. The highest BCUT2D eigenvalue weighted by atomic mass is 16.5.